The number of nitrogens with two attached hydrogens (primary N) is 1. The highest BCUT2D eigenvalue weighted by molar-refractivity contribution is 4.79. The second-order valence-electron chi connectivity index (χ2n) is 4.71. The van der Waals surface area contributed by atoms with E-state index in [9.17, 15) is 0 Å². The molecular formula is C12H29N3. The Morgan fingerprint density at radius 1 is 1.07 bits per heavy atom. The quantitative estimate of drug-likeness (QED) is 0.664. The Labute approximate surface area is 95.6 Å². The molecule has 0 aromatic heterocycles. The van der Waals surface area contributed by atoms with E-state index in [1.54, 1.807) is 0 Å². The lowest BCUT2D eigenvalue weighted by Gasteiger charge is -2.32. The van der Waals surface area contributed by atoms with Crippen molar-refractivity contribution in [2.45, 2.75) is 45.2 Å². The van der Waals surface area contributed by atoms with E-state index in [1.807, 2.05) is 0 Å². The summed E-state index contributed by atoms with van der Waals surface area (Å²) in [5.74, 6) is 0. The normalized spacial score (nSPS) is 16.0. The van der Waals surface area contributed by atoms with Crippen molar-refractivity contribution in [2.75, 3.05) is 34.2 Å². The van der Waals surface area contributed by atoms with Crippen molar-refractivity contribution in [3.05, 3.63) is 0 Å². The van der Waals surface area contributed by atoms with Gasteiger partial charge < -0.3 is 15.5 Å². The molecule has 0 amide bonds. The molecule has 92 valence electrons. The lowest BCUT2D eigenvalue weighted by molar-refractivity contribution is 0.182. The van der Waals surface area contributed by atoms with Crippen molar-refractivity contribution in [1.29, 1.82) is 0 Å². The SMILES string of the molecule is CCCC(N)C(CC)N(C)CCN(C)C. The van der Waals surface area contributed by atoms with Gasteiger partial charge in [0.1, 0.15) is 0 Å². The first kappa shape index (κ1) is 14.9. The molecule has 0 aromatic carbocycles. The van der Waals surface area contributed by atoms with Crippen LogP contribution in [-0.4, -0.2) is 56.1 Å². The van der Waals surface area contributed by atoms with Crippen molar-refractivity contribution in [1.82, 2.24) is 9.80 Å². The number of hydrogen-bond acceptors (Lipinski definition) is 3. The fourth-order valence-electron chi connectivity index (χ4n) is 1.99. The molecule has 0 aliphatic carbocycles. The maximum atomic E-state index is 6.19. The molecule has 0 fully saturated rings. The third-order valence-electron chi connectivity index (χ3n) is 3.00. The number of likely N-dealkylation sites (N-methyl/N-ethyl adjacent to an activating group) is 2. The first-order valence-electron chi connectivity index (χ1n) is 6.13. The van der Waals surface area contributed by atoms with E-state index in [2.05, 4.69) is 44.8 Å². The molecule has 3 nitrogen and oxygen atoms in total. The minimum atomic E-state index is 0.326. The third kappa shape index (κ3) is 6.13. The van der Waals surface area contributed by atoms with Gasteiger partial charge in [-0.25, -0.2) is 0 Å². The summed E-state index contributed by atoms with van der Waals surface area (Å²) < 4.78 is 0. The molecule has 2 unspecified atom stereocenters. The summed E-state index contributed by atoms with van der Waals surface area (Å²) in [6.07, 6.45) is 3.45. The molecule has 2 N–H and O–H groups in total. The molecule has 0 radical (unpaired) electrons. The van der Waals surface area contributed by atoms with E-state index in [-0.39, 0.29) is 0 Å². The molecular weight excluding hydrogens is 186 g/mol. The number of hydrogen-bond donors (Lipinski definition) is 1. The zero-order valence-electron chi connectivity index (χ0n) is 11.2. The summed E-state index contributed by atoms with van der Waals surface area (Å²) in [6, 6.07) is 0.858. The van der Waals surface area contributed by atoms with Gasteiger partial charge in [0.05, 0.1) is 0 Å². The summed E-state index contributed by atoms with van der Waals surface area (Å²) in [7, 11) is 6.41. The first-order chi connectivity index (χ1) is 7.02. The average Bonchev–Trinajstić information content (AvgIpc) is 2.16. The summed E-state index contributed by atoms with van der Waals surface area (Å²) in [6.45, 7) is 6.63. The van der Waals surface area contributed by atoms with Crippen LogP contribution in [0.2, 0.25) is 0 Å². The zero-order chi connectivity index (χ0) is 11.8. The van der Waals surface area contributed by atoms with E-state index < -0.39 is 0 Å². The third-order valence-corrected chi connectivity index (χ3v) is 3.00. The van der Waals surface area contributed by atoms with Gasteiger partial charge >= 0.3 is 0 Å². The second-order valence-corrected chi connectivity index (χ2v) is 4.71. The molecule has 3 heteroatoms. The fraction of sp³-hybridized carbons (Fsp3) is 1.00. The Hall–Kier alpha value is -0.120. The van der Waals surface area contributed by atoms with Crippen LogP contribution in [0.3, 0.4) is 0 Å². The van der Waals surface area contributed by atoms with Crippen LogP contribution in [0.15, 0.2) is 0 Å². The van der Waals surface area contributed by atoms with Gasteiger partial charge in [0.2, 0.25) is 0 Å². The van der Waals surface area contributed by atoms with E-state index in [4.69, 9.17) is 5.73 Å². The molecule has 0 saturated heterocycles. The molecule has 0 saturated carbocycles. The number of nitrogens with zero attached hydrogens (tertiary/aromatic N) is 2. The largest absolute Gasteiger partial charge is 0.326 e. The summed E-state index contributed by atoms with van der Waals surface area (Å²) in [5.41, 5.74) is 6.19. The number of rotatable bonds is 8. The lowest BCUT2D eigenvalue weighted by atomic mass is 10.0. The average molecular weight is 215 g/mol. The van der Waals surface area contributed by atoms with Crippen molar-refractivity contribution in [3.8, 4) is 0 Å². The van der Waals surface area contributed by atoms with Gasteiger partial charge in [-0.1, -0.05) is 20.3 Å². The van der Waals surface area contributed by atoms with Gasteiger partial charge in [-0.15, -0.1) is 0 Å². The van der Waals surface area contributed by atoms with Crippen LogP contribution in [0.5, 0.6) is 0 Å². The highest BCUT2D eigenvalue weighted by atomic mass is 15.2. The van der Waals surface area contributed by atoms with Crippen LogP contribution in [0.25, 0.3) is 0 Å². The van der Waals surface area contributed by atoms with E-state index in [0.717, 1.165) is 25.9 Å². The predicted octanol–water partition coefficient (Wildman–Crippen LogP) is 1.39. The van der Waals surface area contributed by atoms with Crippen LogP contribution in [-0.2, 0) is 0 Å². The summed E-state index contributed by atoms with van der Waals surface area (Å²) >= 11 is 0. The van der Waals surface area contributed by atoms with E-state index >= 15 is 0 Å². The van der Waals surface area contributed by atoms with E-state index in [0.29, 0.717) is 12.1 Å². The highest BCUT2D eigenvalue weighted by Crippen LogP contribution is 2.09. The predicted molar refractivity (Wildman–Crippen MR) is 68.1 cm³/mol. The summed E-state index contributed by atoms with van der Waals surface area (Å²) in [5, 5.41) is 0. The lowest BCUT2D eigenvalue weighted by Crippen LogP contribution is -2.47. The standard InChI is InChI=1S/C12H29N3/c1-6-8-11(13)12(7-2)15(5)10-9-14(3)4/h11-12H,6-10,13H2,1-5H3. The van der Waals surface area contributed by atoms with Gasteiger partial charge in [-0.3, -0.25) is 0 Å². The Morgan fingerprint density at radius 2 is 1.67 bits per heavy atom. The highest BCUT2D eigenvalue weighted by Gasteiger charge is 2.19. The molecule has 0 heterocycles. The minimum Gasteiger partial charge on any atom is -0.326 e. The molecule has 0 rings (SSSR count). The first-order valence-corrected chi connectivity index (χ1v) is 6.13. The maximum Gasteiger partial charge on any atom is 0.0242 e. The molecule has 0 bridgehead atoms. The van der Waals surface area contributed by atoms with E-state index in [1.165, 1.54) is 6.42 Å². The minimum absolute atomic E-state index is 0.326. The topological polar surface area (TPSA) is 32.5 Å². The molecule has 0 aromatic rings. The Balaban J connectivity index is 4.02. The fourth-order valence-corrected chi connectivity index (χ4v) is 1.99. The van der Waals surface area contributed by atoms with Crippen molar-refractivity contribution >= 4 is 0 Å². The van der Waals surface area contributed by atoms with Crippen molar-refractivity contribution in [2.24, 2.45) is 5.73 Å². The van der Waals surface area contributed by atoms with Gasteiger partial charge in [-0.2, -0.15) is 0 Å². The van der Waals surface area contributed by atoms with Gasteiger partial charge in [0, 0.05) is 25.2 Å². The Bertz CT molecular complexity index is 148. The molecule has 15 heavy (non-hydrogen) atoms. The summed E-state index contributed by atoms with van der Waals surface area (Å²) in [4.78, 5) is 4.62. The smallest absolute Gasteiger partial charge is 0.0242 e. The molecule has 0 aliphatic rings. The molecule has 0 spiro atoms. The van der Waals surface area contributed by atoms with Crippen LogP contribution in [0.4, 0.5) is 0 Å². The van der Waals surface area contributed by atoms with Crippen LogP contribution in [0.1, 0.15) is 33.1 Å². The van der Waals surface area contributed by atoms with Crippen molar-refractivity contribution < 1.29 is 0 Å². The Morgan fingerprint density at radius 3 is 2.07 bits per heavy atom. The van der Waals surface area contributed by atoms with Gasteiger partial charge in [-0.05, 0) is 34.0 Å². The Kier molecular flexibility index (Phi) is 8.02. The monoisotopic (exact) mass is 215 g/mol. The van der Waals surface area contributed by atoms with Gasteiger partial charge in [0.15, 0.2) is 0 Å². The van der Waals surface area contributed by atoms with Crippen molar-refractivity contribution in [3.63, 3.8) is 0 Å². The maximum absolute atomic E-state index is 6.19. The molecule has 0 aliphatic heterocycles. The van der Waals surface area contributed by atoms with Gasteiger partial charge in [0.25, 0.3) is 0 Å². The van der Waals surface area contributed by atoms with Crippen LogP contribution >= 0.6 is 0 Å². The second kappa shape index (κ2) is 8.08. The molecule has 2 atom stereocenters. The van der Waals surface area contributed by atoms with Crippen LogP contribution < -0.4 is 5.73 Å². The zero-order valence-corrected chi connectivity index (χ0v) is 11.2. The van der Waals surface area contributed by atoms with Crippen LogP contribution in [0, 0.1) is 0 Å².